The SMILES string of the molecule is C[C@@H]1CC[C@@H]2C(=O)N(c3ccc(C(=O)OCC(=O)N[C@H](C)c4ccccc4)cc3)C(=O)[C@@H]2C1. The normalized spacial score (nSPS) is 23.1. The number of amides is 3. The molecular formula is C26H28N2O5. The van der Waals surface area contributed by atoms with Crippen molar-refractivity contribution in [2.75, 3.05) is 11.5 Å². The van der Waals surface area contributed by atoms with Gasteiger partial charge in [0.2, 0.25) is 11.8 Å². The van der Waals surface area contributed by atoms with E-state index in [9.17, 15) is 19.2 Å². The molecule has 0 spiro atoms. The minimum absolute atomic E-state index is 0.156. The summed E-state index contributed by atoms with van der Waals surface area (Å²) in [4.78, 5) is 51.4. The van der Waals surface area contributed by atoms with Gasteiger partial charge in [-0.15, -0.1) is 0 Å². The fraction of sp³-hybridized carbons (Fsp3) is 0.385. The van der Waals surface area contributed by atoms with E-state index >= 15 is 0 Å². The van der Waals surface area contributed by atoms with Gasteiger partial charge in [0.1, 0.15) is 0 Å². The van der Waals surface area contributed by atoms with E-state index in [-0.39, 0.29) is 35.3 Å². The molecule has 2 aromatic rings. The summed E-state index contributed by atoms with van der Waals surface area (Å²) in [6, 6.07) is 15.4. The first kappa shape index (κ1) is 22.7. The van der Waals surface area contributed by atoms with Gasteiger partial charge in [-0.25, -0.2) is 4.79 Å². The molecule has 0 aromatic heterocycles. The number of nitrogens with one attached hydrogen (secondary N) is 1. The Kier molecular flexibility index (Phi) is 6.58. The van der Waals surface area contributed by atoms with E-state index in [1.807, 2.05) is 37.3 Å². The Morgan fingerprint density at radius 3 is 2.36 bits per heavy atom. The zero-order chi connectivity index (χ0) is 23.5. The summed E-state index contributed by atoms with van der Waals surface area (Å²) >= 11 is 0. The molecule has 1 saturated carbocycles. The fourth-order valence-electron chi connectivity index (χ4n) is 4.71. The Labute approximate surface area is 193 Å². The first-order valence-corrected chi connectivity index (χ1v) is 11.3. The van der Waals surface area contributed by atoms with Crippen LogP contribution >= 0.6 is 0 Å². The maximum absolute atomic E-state index is 12.9. The molecule has 7 nitrogen and oxygen atoms in total. The molecule has 0 radical (unpaired) electrons. The van der Waals surface area contributed by atoms with Gasteiger partial charge >= 0.3 is 5.97 Å². The van der Waals surface area contributed by atoms with Crippen LogP contribution in [0.5, 0.6) is 0 Å². The highest BCUT2D eigenvalue weighted by Crippen LogP contribution is 2.42. The van der Waals surface area contributed by atoms with Crippen molar-refractivity contribution < 1.29 is 23.9 Å². The summed E-state index contributed by atoms with van der Waals surface area (Å²) < 4.78 is 5.12. The van der Waals surface area contributed by atoms with Crippen LogP contribution in [0.1, 0.15) is 55.1 Å². The number of hydrogen-bond donors (Lipinski definition) is 1. The zero-order valence-electron chi connectivity index (χ0n) is 18.8. The predicted octanol–water partition coefficient (Wildman–Crippen LogP) is 3.65. The van der Waals surface area contributed by atoms with Crippen LogP contribution in [0.4, 0.5) is 5.69 Å². The third-order valence-corrected chi connectivity index (χ3v) is 6.56. The summed E-state index contributed by atoms with van der Waals surface area (Å²) in [6.45, 7) is 3.56. The van der Waals surface area contributed by atoms with Gasteiger partial charge in [-0.2, -0.15) is 0 Å². The molecule has 33 heavy (non-hydrogen) atoms. The van der Waals surface area contributed by atoms with Crippen molar-refractivity contribution in [3.05, 3.63) is 65.7 Å². The lowest BCUT2D eigenvalue weighted by Gasteiger charge is -2.25. The number of fused-ring (bicyclic) bond motifs is 1. The van der Waals surface area contributed by atoms with Crippen LogP contribution in [-0.4, -0.2) is 30.3 Å². The lowest BCUT2D eigenvalue weighted by molar-refractivity contribution is -0.125. The molecular weight excluding hydrogens is 420 g/mol. The molecule has 1 saturated heterocycles. The average molecular weight is 449 g/mol. The summed E-state index contributed by atoms with van der Waals surface area (Å²) in [5, 5.41) is 2.79. The standard InChI is InChI=1S/C26H28N2O5/c1-16-8-13-21-22(14-16)25(31)28(24(21)30)20-11-9-19(10-12-20)26(32)33-15-23(29)27-17(2)18-6-4-3-5-7-18/h3-7,9-12,16-17,21-22H,8,13-15H2,1-2H3,(H,27,29)/t16-,17-,21+,22-/m1/s1. The second kappa shape index (κ2) is 9.57. The molecule has 1 N–H and O–H groups in total. The highest BCUT2D eigenvalue weighted by atomic mass is 16.5. The Morgan fingerprint density at radius 1 is 1.00 bits per heavy atom. The van der Waals surface area contributed by atoms with Gasteiger partial charge in [-0.05, 0) is 61.9 Å². The number of esters is 1. The summed E-state index contributed by atoms with van der Waals surface area (Å²) in [7, 11) is 0. The molecule has 4 rings (SSSR count). The van der Waals surface area contributed by atoms with Crippen LogP contribution in [0, 0.1) is 17.8 Å². The predicted molar refractivity (Wildman–Crippen MR) is 122 cm³/mol. The van der Waals surface area contributed by atoms with Gasteiger partial charge in [0.15, 0.2) is 6.61 Å². The van der Waals surface area contributed by atoms with Crippen LogP contribution < -0.4 is 10.2 Å². The minimum Gasteiger partial charge on any atom is -0.452 e. The first-order chi connectivity index (χ1) is 15.8. The van der Waals surface area contributed by atoms with Crippen molar-refractivity contribution in [1.29, 1.82) is 0 Å². The van der Waals surface area contributed by atoms with Gasteiger partial charge in [0, 0.05) is 0 Å². The summed E-state index contributed by atoms with van der Waals surface area (Å²) in [5.41, 5.74) is 1.65. The summed E-state index contributed by atoms with van der Waals surface area (Å²) in [6.07, 6.45) is 2.43. The lowest BCUT2D eigenvalue weighted by Crippen LogP contribution is -2.31. The van der Waals surface area contributed by atoms with Gasteiger partial charge in [-0.3, -0.25) is 19.3 Å². The quantitative estimate of drug-likeness (QED) is 0.538. The number of carbonyl (C=O) groups is 4. The van der Waals surface area contributed by atoms with E-state index in [4.69, 9.17) is 4.74 Å². The smallest absolute Gasteiger partial charge is 0.338 e. The molecule has 1 heterocycles. The van der Waals surface area contributed by atoms with E-state index in [1.165, 1.54) is 17.0 Å². The van der Waals surface area contributed by atoms with E-state index in [0.717, 1.165) is 24.8 Å². The number of rotatable bonds is 6. The molecule has 1 aliphatic carbocycles. The lowest BCUT2D eigenvalue weighted by atomic mass is 9.76. The van der Waals surface area contributed by atoms with Crippen molar-refractivity contribution in [3.8, 4) is 0 Å². The second-order valence-corrected chi connectivity index (χ2v) is 8.97. The molecule has 172 valence electrons. The number of anilines is 1. The van der Waals surface area contributed by atoms with Gasteiger partial charge in [0.05, 0.1) is 29.1 Å². The van der Waals surface area contributed by atoms with Gasteiger partial charge in [-0.1, -0.05) is 37.3 Å². The number of nitrogens with zero attached hydrogens (tertiary/aromatic N) is 1. The van der Waals surface area contributed by atoms with E-state index in [0.29, 0.717) is 11.6 Å². The minimum atomic E-state index is -0.648. The Morgan fingerprint density at radius 2 is 1.67 bits per heavy atom. The third kappa shape index (κ3) is 4.82. The van der Waals surface area contributed by atoms with Gasteiger partial charge in [0.25, 0.3) is 5.91 Å². The molecule has 2 aromatic carbocycles. The van der Waals surface area contributed by atoms with E-state index in [2.05, 4.69) is 12.2 Å². The molecule has 2 fully saturated rings. The van der Waals surface area contributed by atoms with Crippen molar-refractivity contribution in [3.63, 3.8) is 0 Å². The number of hydrogen-bond acceptors (Lipinski definition) is 5. The van der Waals surface area contributed by atoms with Crippen LogP contribution in [0.2, 0.25) is 0 Å². The summed E-state index contributed by atoms with van der Waals surface area (Å²) in [5.74, 6) is -1.41. The molecule has 7 heteroatoms. The monoisotopic (exact) mass is 448 g/mol. The molecule has 3 amide bonds. The number of benzene rings is 2. The molecule has 0 bridgehead atoms. The van der Waals surface area contributed by atoms with Gasteiger partial charge < -0.3 is 10.1 Å². The number of imide groups is 1. The van der Waals surface area contributed by atoms with E-state index in [1.54, 1.807) is 12.1 Å². The van der Waals surface area contributed by atoms with E-state index < -0.39 is 18.5 Å². The van der Waals surface area contributed by atoms with Crippen LogP contribution in [-0.2, 0) is 19.1 Å². The van der Waals surface area contributed by atoms with Crippen LogP contribution in [0.3, 0.4) is 0 Å². The van der Waals surface area contributed by atoms with Crippen molar-refractivity contribution in [2.24, 2.45) is 17.8 Å². The van der Waals surface area contributed by atoms with Crippen LogP contribution in [0.25, 0.3) is 0 Å². The zero-order valence-corrected chi connectivity index (χ0v) is 18.8. The maximum atomic E-state index is 12.9. The average Bonchev–Trinajstić information content (AvgIpc) is 3.07. The Balaban J connectivity index is 1.33. The van der Waals surface area contributed by atoms with Crippen molar-refractivity contribution in [1.82, 2.24) is 5.32 Å². The van der Waals surface area contributed by atoms with Crippen LogP contribution in [0.15, 0.2) is 54.6 Å². The molecule has 0 unspecified atom stereocenters. The highest BCUT2D eigenvalue weighted by molar-refractivity contribution is 6.22. The topological polar surface area (TPSA) is 92.8 Å². The highest BCUT2D eigenvalue weighted by Gasteiger charge is 2.49. The van der Waals surface area contributed by atoms with Crippen molar-refractivity contribution in [2.45, 2.75) is 39.2 Å². The Bertz CT molecular complexity index is 1050. The van der Waals surface area contributed by atoms with Crippen molar-refractivity contribution >= 4 is 29.4 Å². The molecule has 2 aliphatic rings. The molecule has 4 atom stereocenters. The number of ether oxygens (including phenoxy) is 1. The maximum Gasteiger partial charge on any atom is 0.338 e. The second-order valence-electron chi connectivity index (χ2n) is 8.97. The Hall–Kier alpha value is -3.48. The molecule has 1 aliphatic heterocycles. The third-order valence-electron chi connectivity index (χ3n) is 6.56. The first-order valence-electron chi connectivity index (χ1n) is 11.3. The fourth-order valence-corrected chi connectivity index (χ4v) is 4.71. The number of carbonyl (C=O) groups excluding carboxylic acids is 4. The largest absolute Gasteiger partial charge is 0.452 e.